The molecular formula is C15H20ClN3O. The number of halogens is 1. The lowest BCUT2D eigenvalue weighted by Crippen LogP contribution is -2.34. The van der Waals surface area contributed by atoms with E-state index in [0.717, 1.165) is 25.9 Å². The number of nitriles is 1. The Kier molecular flexibility index (Phi) is 7.06. The summed E-state index contributed by atoms with van der Waals surface area (Å²) in [5.41, 5.74) is 0.887. The van der Waals surface area contributed by atoms with Crippen molar-refractivity contribution in [3.63, 3.8) is 0 Å². The van der Waals surface area contributed by atoms with Gasteiger partial charge in [-0.05, 0) is 44.1 Å². The van der Waals surface area contributed by atoms with Crippen molar-refractivity contribution in [1.82, 2.24) is 4.90 Å². The first-order valence-electron chi connectivity index (χ1n) is 6.82. The van der Waals surface area contributed by atoms with Crippen molar-refractivity contribution in [3.05, 3.63) is 28.8 Å². The third-order valence-electron chi connectivity index (χ3n) is 2.82. The van der Waals surface area contributed by atoms with Gasteiger partial charge in [0.05, 0.1) is 17.8 Å². The highest BCUT2D eigenvalue weighted by Gasteiger charge is 2.11. The zero-order valence-electron chi connectivity index (χ0n) is 11.9. The van der Waals surface area contributed by atoms with Gasteiger partial charge in [0, 0.05) is 5.02 Å². The van der Waals surface area contributed by atoms with Gasteiger partial charge in [0.2, 0.25) is 5.91 Å². The topological polar surface area (TPSA) is 56.1 Å². The molecule has 0 aliphatic carbocycles. The molecule has 4 nitrogen and oxygen atoms in total. The maximum atomic E-state index is 12.0. The maximum Gasteiger partial charge on any atom is 0.238 e. The molecule has 0 saturated carbocycles. The summed E-state index contributed by atoms with van der Waals surface area (Å²) in [6.07, 6.45) is 2.02. The summed E-state index contributed by atoms with van der Waals surface area (Å²) < 4.78 is 0. The summed E-state index contributed by atoms with van der Waals surface area (Å²) in [6.45, 7) is 6.29. The van der Waals surface area contributed by atoms with E-state index in [0.29, 0.717) is 22.8 Å². The Balaban J connectivity index is 2.70. The highest BCUT2D eigenvalue weighted by molar-refractivity contribution is 6.31. The predicted molar refractivity (Wildman–Crippen MR) is 81.8 cm³/mol. The highest BCUT2D eigenvalue weighted by Crippen LogP contribution is 2.20. The summed E-state index contributed by atoms with van der Waals surface area (Å²) in [5, 5.41) is 12.3. The van der Waals surface area contributed by atoms with Crippen LogP contribution in [0.2, 0.25) is 5.02 Å². The average Bonchev–Trinajstić information content (AvgIpc) is 2.39. The zero-order valence-corrected chi connectivity index (χ0v) is 12.7. The van der Waals surface area contributed by atoms with Gasteiger partial charge in [0.1, 0.15) is 6.07 Å². The number of nitrogens with zero attached hydrogens (tertiary/aromatic N) is 2. The number of benzene rings is 1. The normalized spacial score (nSPS) is 10.3. The molecule has 20 heavy (non-hydrogen) atoms. The van der Waals surface area contributed by atoms with Crippen LogP contribution in [0.15, 0.2) is 18.2 Å². The number of carbonyl (C=O) groups excluding carboxylic acids is 1. The molecule has 0 aromatic heterocycles. The lowest BCUT2D eigenvalue weighted by molar-refractivity contribution is -0.117. The lowest BCUT2D eigenvalue weighted by atomic mass is 10.2. The fourth-order valence-electron chi connectivity index (χ4n) is 2.01. The van der Waals surface area contributed by atoms with Gasteiger partial charge in [-0.25, -0.2) is 0 Å². The first-order chi connectivity index (χ1) is 9.60. The maximum absolute atomic E-state index is 12.0. The fraction of sp³-hybridized carbons (Fsp3) is 0.467. The second-order valence-electron chi connectivity index (χ2n) is 4.63. The molecule has 0 aliphatic heterocycles. The lowest BCUT2D eigenvalue weighted by Gasteiger charge is -2.20. The zero-order chi connectivity index (χ0) is 15.0. The van der Waals surface area contributed by atoms with Crippen molar-refractivity contribution >= 4 is 23.2 Å². The smallest absolute Gasteiger partial charge is 0.238 e. The first-order valence-corrected chi connectivity index (χ1v) is 7.20. The van der Waals surface area contributed by atoms with Crippen LogP contribution in [0.3, 0.4) is 0 Å². The summed E-state index contributed by atoms with van der Waals surface area (Å²) in [5.74, 6) is -0.120. The van der Waals surface area contributed by atoms with E-state index in [1.165, 1.54) is 0 Å². The molecule has 0 bridgehead atoms. The molecule has 5 heteroatoms. The molecular weight excluding hydrogens is 274 g/mol. The second-order valence-corrected chi connectivity index (χ2v) is 5.06. The quantitative estimate of drug-likeness (QED) is 0.839. The standard InChI is InChI=1S/C15H20ClN3O/c1-3-7-19(8-4-2)11-15(20)18-14-9-13(16)6-5-12(14)10-17/h5-6,9H,3-4,7-8,11H2,1-2H3,(H,18,20). The molecule has 0 aliphatic rings. The third kappa shape index (κ3) is 5.20. The Morgan fingerprint density at radius 1 is 1.35 bits per heavy atom. The van der Waals surface area contributed by atoms with E-state index in [1.54, 1.807) is 18.2 Å². The van der Waals surface area contributed by atoms with E-state index in [9.17, 15) is 4.79 Å². The molecule has 1 aromatic rings. The van der Waals surface area contributed by atoms with Crippen LogP contribution in [0.1, 0.15) is 32.3 Å². The molecule has 1 amide bonds. The number of hydrogen-bond acceptors (Lipinski definition) is 3. The van der Waals surface area contributed by atoms with Crippen LogP contribution in [0.25, 0.3) is 0 Å². The first kappa shape index (κ1) is 16.5. The fourth-order valence-corrected chi connectivity index (χ4v) is 2.18. The van der Waals surface area contributed by atoms with Crippen molar-refractivity contribution < 1.29 is 4.79 Å². The van der Waals surface area contributed by atoms with Gasteiger partial charge in [-0.1, -0.05) is 25.4 Å². The second kappa shape index (κ2) is 8.57. The molecule has 0 atom stereocenters. The van der Waals surface area contributed by atoms with Crippen LogP contribution >= 0.6 is 11.6 Å². The predicted octanol–water partition coefficient (Wildman–Crippen LogP) is 3.27. The molecule has 0 spiro atoms. The van der Waals surface area contributed by atoms with Crippen molar-refractivity contribution in [2.75, 3.05) is 25.0 Å². The van der Waals surface area contributed by atoms with Crippen molar-refractivity contribution in [2.45, 2.75) is 26.7 Å². The minimum atomic E-state index is -0.120. The summed E-state index contributed by atoms with van der Waals surface area (Å²) in [4.78, 5) is 14.1. The number of anilines is 1. The van der Waals surface area contributed by atoms with Crippen LogP contribution in [-0.2, 0) is 4.79 Å². The third-order valence-corrected chi connectivity index (χ3v) is 3.06. The minimum Gasteiger partial charge on any atom is -0.324 e. The molecule has 0 radical (unpaired) electrons. The minimum absolute atomic E-state index is 0.120. The number of carbonyl (C=O) groups is 1. The molecule has 0 fully saturated rings. The van der Waals surface area contributed by atoms with Gasteiger partial charge in [0.25, 0.3) is 0 Å². The van der Waals surface area contributed by atoms with Crippen molar-refractivity contribution in [3.8, 4) is 6.07 Å². The van der Waals surface area contributed by atoms with Crippen LogP contribution in [-0.4, -0.2) is 30.4 Å². The van der Waals surface area contributed by atoms with Crippen molar-refractivity contribution in [2.24, 2.45) is 0 Å². The van der Waals surface area contributed by atoms with Crippen molar-refractivity contribution in [1.29, 1.82) is 5.26 Å². The molecule has 1 rings (SSSR count). The Labute approximate surface area is 125 Å². The van der Waals surface area contributed by atoms with Gasteiger partial charge in [-0.3, -0.25) is 9.69 Å². The Morgan fingerprint density at radius 3 is 2.55 bits per heavy atom. The highest BCUT2D eigenvalue weighted by atomic mass is 35.5. The van der Waals surface area contributed by atoms with Gasteiger partial charge < -0.3 is 5.32 Å². The molecule has 0 unspecified atom stereocenters. The SMILES string of the molecule is CCCN(CCC)CC(=O)Nc1cc(Cl)ccc1C#N. The van der Waals surface area contributed by atoms with Crippen LogP contribution in [0, 0.1) is 11.3 Å². The molecule has 0 saturated heterocycles. The van der Waals surface area contributed by atoms with Crippen LogP contribution in [0.4, 0.5) is 5.69 Å². The van der Waals surface area contributed by atoms with Crippen LogP contribution < -0.4 is 5.32 Å². The number of amides is 1. The van der Waals surface area contributed by atoms with Gasteiger partial charge in [0.15, 0.2) is 0 Å². The molecule has 0 heterocycles. The number of rotatable bonds is 7. The molecule has 1 aromatic carbocycles. The summed E-state index contributed by atoms with van der Waals surface area (Å²) >= 11 is 5.89. The Morgan fingerprint density at radius 2 is 2.00 bits per heavy atom. The Bertz CT molecular complexity index is 490. The molecule has 1 N–H and O–H groups in total. The summed E-state index contributed by atoms with van der Waals surface area (Å²) in [7, 11) is 0. The largest absolute Gasteiger partial charge is 0.324 e. The van der Waals surface area contributed by atoms with Gasteiger partial charge >= 0.3 is 0 Å². The monoisotopic (exact) mass is 293 g/mol. The number of nitrogens with one attached hydrogen (secondary N) is 1. The number of hydrogen-bond donors (Lipinski definition) is 1. The van der Waals surface area contributed by atoms with Crippen LogP contribution in [0.5, 0.6) is 0 Å². The Hall–Kier alpha value is -1.57. The average molecular weight is 294 g/mol. The van der Waals surface area contributed by atoms with E-state index in [1.807, 2.05) is 6.07 Å². The van der Waals surface area contributed by atoms with E-state index < -0.39 is 0 Å². The van der Waals surface area contributed by atoms with E-state index in [-0.39, 0.29) is 5.91 Å². The van der Waals surface area contributed by atoms with E-state index in [2.05, 4.69) is 24.1 Å². The summed E-state index contributed by atoms with van der Waals surface area (Å²) in [6, 6.07) is 6.88. The van der Waals surface area contributed by atoms with Gasteiger partial charge in [-0.2, -0.15) is 5.26 Å². The van der Waals surface area contributed by atoms with E-state index >= 15 is 0 Å². The molecule has 108 valence electrons. The van der Waals surface area contributed by atoms with Gasteiger partial charge in [-0.15, -0.1) is 0 Å². The van der Waals surface area contributed by atoms with E-state index in [4.69, 9.17) is 16.9 Å².